The maximum absolute atomic E-state index is 6.21. The average Bonchev–Trinajstić information content (AvgIpc) is 3.42. The Hall–Kier alpha value is -2.90. The Balaban J connectivity index is 1.21. The third-order valence-corrected chi connectivity index (χ3v) is 9.42. The molecule has 0 radical (unpaired) electrons. The molecule has 3 heterocycles. The second-order valence-corrected chi connectivity index (χ2v) is 12.7. The molecule has 6 nitrogen and oxygen atoms in total. The van der Waals surface area contributed by atoms with Gasteiger partial charge in [-0.2, -0.15) is 9.97 Å². The summed E-state index contributed by atoms with van der Waals surface area (Å²) in [6.45, 7) is 6.85. The minimum Gasteiger partial charge on any atom is -0.361 e. The molecule has 0 spiro atoms. The molecule has 0 amide bonds. The molecular formula is C32H39ClN6S. The van der Waals surface area contributed by atoms with Crippen molar-refractivity contribution in [3.63, 3.8) is 0 Å². The maximum Gasteiger partial charge on any atom is 0.232 e. The highest BCUT2D eigenvalue weighted by molar-refractivity contribution is 7.80. The number of benzene rings is 2. The van der Waals surface area contributed by atoms with Crippen LogP contribution in [0.2, 0.25) is 5.02 Å². The predicted molar refractivity (Wildman–Crippen MR) is 169 cm³/mol. The summed E-state index contributed by atoms with van der Waals surface area (Å²) in [5, 5.41) is 8.25. The number of hydrogen-bond acceptors (Lipinski definition) is 5. The fraction of sp³-hybridized carbons (Fsp3) is 0.469. The molecule has 1 aromatic heterocycles. The molecule has 1 saturated carbocycles. The average molecular weight is 575 g/mol. The molecule has 2 aliphatic heterocycles. The molecule has 2 aromatic carbocycles. The minimum absolute atomic E-state index is 0.0493. The Morgan fingerprint density at radius 2 is 1.62 bits per heavy atom. The van der Waals surface area contributed by atoms with E-state index in [4.69, 9.17) is 33.8 Å². The van der Waals surface area contributed by atoms with Gasteiger partial charge in [0, 0.05) is 49.2 Å². The first-order valence-corrected chi connectivity index (χ1v) is 15.5. The van der Waals surface area contributed by atoms with Crippen molar-refractivity contribution in [1.82, 2.24) is 15.3 Å². The van der Waals surface area contributed by atoms with E-state index in [1.165, 1.54) is 48.8 Å². The topological polar surface area (TPSA) is 56.3 Å². The zero-order valence-corrected chi connectivity index (χ0v) is 24.9. The maximum atomic E-state index is 6.21. The van der Waals surface area contributed by atoms with Crippen molar-refractivity contribution in [3.05, 3.63) is 76.3 Å². The lowest BCUT2D eigenvalue weighted by Gasteiger charge is -2.38. The Kier molecular flexibility index (Phi) is 8.12. The van der Waals surface area contributed by atoms with Crippen LogP contribution in [0.15, 0.2) is 54.6 Å². The summed E-state index contributed by atoms with van der Waals surface area (Å²) in [7, 11) is 0. The van der Waals surface area contributed by atoms with E-state index in [9.17, 15) is 0 Å². The van der Waals surface area contributed by atoms with E-state index < -0.39 is 0 Å². The lowest BCUT2D eigenvalue weighted by Crippen LogP contribution is -2.43. The first-order valence-electron chi connectivity index (χ1n) is 14.7. The van der Waals surface area contributed by atoms with Gasteiger partial charge in [-0.05, 0) is 72.6 Å². The first-order chi connectivity index (χ1) is 19.5. The van der Waals surface area contributed by atoms with Crippen LogP contribution in [0.1, 0.15) is 68.6 Å². The van der Waals surface area contributed by atoms with Gasteiger partial charge in [0.1, 0.15) is 11.6 Å². The summed E-state index contributed by atoms with van der Waals surface area (Å²) < 4.78 is 0. The van der Waals surface area contributed by atoms with Crippen molar-refractivity contribution >= 4 is 46.5 Å². The number of aromatic nitrogens is 2. The fourth-order valence-corrected chi connectivity index (χ4v) is 6.98. The van der Waals surface area contributed by atoms with Gasteiger partial charge in [0.2, 0.25) is 5.95 Å². The molecule has 210 valence electrons. The fourth-order valence-electron chi connectivity index (χ4n) is 6.69. The summed E-state index contributed by atoms with van der Waals surface area (Å²) in [5.41, 5.74) is 4.11. The number of nitrogens with one attached hydrogen (secondary N) is 2. The Bertz CT molecular complexity index is 1310. The van der Waals surface area contributed by atoms with Gasteiger partial charge in [-0.3, -0.25) is 0 Å². The van der Waals surface area contributed by atoms with Crippen LogP contribution in [0.25, 0.3) is 0 Å². The Morgan fingerprint density at radius 1 is 0.950 bits per heavy atom. The molecule has 0 bridgehead atoms. The van der Waals surface area contributed by atoms with Crippen LogP contribution < -0.4 is 20.4 Å². The summed E-state index contributed by atoms with van der Waals surface area (Å²) in [5.74, 6) is 3.13. The third kappa shape index (κ3) is 6.06. The van der Waals surface area contributed by atoms with E-state index in [1.807, 2.05) is 12.1 Å². The van der Waals surface area contributed by atoms with Crippen LogP contribution in [0.3, 0.4) is 0 Å². The van der Waals surface area contributed by atoms with Gasteiger partial charge in [0.15, 0.2) is 5.11 Å². The predicted octanol–water partition coefficient (Wildman–Crippen LogP) is 7.08. The van der Waals surface area contributed by atoms with Gasteiger partial charge in [-0.25, -0.2) is 0 Å². The highest BCUT2D eigenvalue weighted by Gasteiger charge is 2.34. The molecular weight excluding hydrogens is 536 g/mol. The number of halogens is 1. The molecule has 3 aromatic rings. The van der Waals surface area contributed by atoms with E-state index >= 15 is 0 Å². The van der Waals surface area contributed by atoms with Crippen LogP contribution in [0.4, 0.5) is 17.6 Å². The Labute approximate surface area is 248 Å². The number of piperidine rings is 1. The summed E-state index contributed by atoms with van der Waals surface area (Å²) >= 11 is 12.0. The van der Waals surface area contributed by atoms with E-state index in [-0.39, 0.29) is 5.41 Å². The number of hydrogen-bond donors (Lipinski definition) is 2. The van der Waals surface area contributed by atoms with Gasteiger partial charge in [0.25, 0.3) is 0 Å². The van der Waals surface area contributed by atoms with E-state index in [0.29, 0.717) is 17.0 Å². The van der Waals surface area contributed by atoms with Gasteiger partial charge < -0.3 is 20.4 Å². The first kappa shape index (κ1) is 27.3. The SMILES string of the molecule is CC1CCCN(c2cc(N3Cc4ccccc4C3)nc(NC(=S)NCC3(c4ccc(Cl)cc4)CCCCC3)n2)C1. The molecule has 2 fully saturated rings. The van der Waals surface area contributed by atoms with Crippen LogP contribution in [0.5, 0.6) is 0 Å². The standard InChI is InChI=1S/C32H39ClN6S/c1-23-8-7-17-38(19-23)28-18-29(39-20-24-9-3-4-10-25(24)21-39)36-30(35-28)37-31(40)34-22-32(15-5-2-6-16-32)26-11-13-27(33)14-12-26/h3-4,9-14,18,23H,2,5-8,15-17,19-22H2,1H3,(H2,34,35,36,37,40). The number of thiocarbonyl (C=S) groups is 1. The number of fused-ring (bicyclic) bond motifs is 1. The third-order valence-electron chi connectivity index (χ3n) is 8.92. The molecule has 8 heteroatoms. The normalized spacial score (nSPS) is 20.2. The largest absolute Gasteiger partial charge is 0.361 e. The van der Waals surface area contributed by atoms with Crippen LogP contribution in [-0.4, -0.2) is 34.7 Å². The van der Waals surface area contributed by atoms with Gasteiger partial charge >= 0.3 is 0 Å². The molecule has 2 N–H and O–H groups in total. The second-order valence-electron chi connectivity index (χ2n) is 11.9. The highest BCUT2D eigenvalue weighted by atomic mass is 35.5. The molecule has 1 saturated heterocycles. The Morgan fingerprint density at radius 3 is 2.30 bits per heavy atom. The van der Waals surface area contributed by atoms with Crippen molar-refractivity contribution in [2.45, 2.75) is 70.4 Å². The van der Waals surface area contributed by atoms with E-state index in [0.717, 1.165) is 62.2 Å². The molecule has 1 atom stereocenters. The van der Waals surface area contributed by atoms with E-state index in [2.05, 4.69) is 69.8 Å². The molecule has 40 heavy (non-hydrogen) atoms. The second kappa shape index (κ2) is 11.9. The number of rotatable bonds is 6. The minimum atomic E-state index is 0.0493. The lowest BCUT2D eigenvalue weighted by molar-refractivity contribution is 0.292. The number of anilines is 3. The summed E-state index contributed by atoms with van der Waals surface area (Å²) in [6, 6.07) is 19.2. The zero-order chi connectivity index (χ0) is 27.5. The molecule has 3 aliphatic rings. The zero-order valence-electron chi connectivity index (χ0n) is 23.3. The van der Waals surface area contributed by atoms with E-state index in [1.54, 1.807) is 0 Å². The summed E-state index contributed by atoms with van der Waals surface area (Å²) in [6.07, 6.45) is 8.48. The lowest BCUT2D eigenvalue weighted by atomic mass is 9.69. The highest BCUT2D eigenvalue weighted by Crippen LogP contribution is 2.39. The quantitative estimate of drug-likeness (QED) is 0.305. The van der Waals surface area contributed by atoms with Gasteiger partial charge in [-0.1, -0.05) is 74.2 Å². The van der Waals surface area contributed by atoms with Crippen LogP contribution in [-0.2, 0) is 18.5 Å². The van der Waals surface area contributed by atoms with Crippen molar-refractivity contribution < 1.29 is 0 Å². The number of nitrogens with zero attached hydrogens (tertiary/aromatic N) is 4. The van der Waals surface area contributed by atoms with Crippen molar-refractivity contribution in [2.24, 2.45) is 5.92 Å². The smallest absolute Gasteiger partial charge is 0.232 e. The van der Waals surface area contributed by atoms with Crippen molar-refractivity contribution in [2.75, 3.05) is 34.8 Å². The van der Waals surface area contributed by atoms with Crippen molar-refractivity contribution in [1.29, 1.82) is 0 Å². The van der Waals surface area contributed by atoms with Gasteiger partial charge in [0.05, 0.1) is 0 Å². The van der Waals surface area contributed by atoms with Crippen LogP contribution in [0, 0.1) is 5.92 Å². The summed E-state index contributed by atoms with van der Waals surface area (Å²) in [4.78, 5) is 14.7. The molecule has 1 unspecified atom stereocenters. The molecule has 1 aliphatic carbocycles. The molecule has 6 rings (SSSR count). The van der Waals surface area contributed by atoms with Crippen molar-refractivity contribution in [3.8, 4) is 0 Å². The monoisotopic (exact) mass is 574 g/mol. The van der Waals surface area contributed by atoms with Gasteiger partial charge in [-0.15, -0.1) is 0 Å². The van der Waals surface area contributed by atoms with Crippen LogP contribution >= 0.6 is 23.8 Å².